The molecule has 3 rings (SSSR count). The normalized spacial score (nSPS) is 12.0. The smallest absolute Gasteiger partial charge is 0.264 e. The Morgan fingerprint density at radius 3 is 2.06 bits per heavy atom. The summed E-state index contributed by atoms with van der Waals surface area (Å²) in [6.07, 6.45) is 0.902. The van der Waals surface area contributed by atoms with Gasteiger partial charge in [-0.2, -0.15) is 0 Å². The van der Waals surface area contributed by atoms with E-state index in [0.717, 1.165) is 9.87 Å². The number of hydrogen-bond acceptors (Lipinski definition) is 4. The molecule has 3 aromatic rings. The van der Waals surface area contributed by atoms with Crippen molar-refractivity contribution in [1.82, 2.24) is 10.2 Å². The SMILES string of the molecule is CCC(C(=O)NC)N(CCc1ccccc1)C(=O)CN(c1ccc(Cl)cc1)S(=O)(=O)c1ccccc1. The van der Waals surface area contributed by atoms with Gasteiger partial charge in [0.1, 0.15) is 12.6 Å². The highest BCUT2D eigenvalue weighted by molar-refractivity contribution is 7.92. The minimum Gasteiger partial charge on any atom is -0.357 e. The zero-order chi connectivity index (χ0) is 26.1. The second-order valence-electron chi connectivity index (χ2n) is 8.16. The van der Waals surface area contributed by atoms with E-state index in [4.69, 9.17) is 11.6 Å². The van der Waals surface area contributed by atoms with Crippen LogP contribution in [0.1, 0.15) is 18.9 Å². The lowest BCUT2D eigenvalue weighted by Gasteiger charge is -2.33. The van der Waals surface area contributed by atoms with E-state index in [-0.39, 0.29) is 17.3 Å². The van der Waals surface area contributed by atoms with Gasteiger partial charge in [0.15, 0.2) is 0 Å². The number of benzene rings is 3. The first-order chi connectivity index (χ1) is 17.3. The lowest BCUT2D eigenvalue weighted by Crippen LogP contribution is -2.52. The van der Waals surface area contributed by atoms with Crippen LogP contribution < -0.4 is 9.62 Å². The molecule has 3 aromatic carbocycles. The van der Waals surface area contributed by atoms with Crippen LogP contribution in [-0.2, 0) is 26.0 Å². The highest BCUT2D eigenvalue weighted by Crippen LogP contribution is 2.26. The van der Waals surface area contributed by atoms with Crippen molar-refractivity contribution in [3.05, 3.63) is 95.5 Å². The van der Waals surface area contributed by atoms with Crippen LogP contribution in [0.2, 0.25) is 5.02 Å². The summed E-state index contributed by atoms with van der Waals surface area (Å²) in [6, 6.07) is 23.1. The molecule has 0 saturated carbocycles. The summed E-state index contributed by atoms with van der Waals surface area (Å²) < 4.78 is 28.3. The van der Waals surface area contributed by atoms with E-state index in [1.807, 2.05) is 37.3 Å². The van der Waals surface area contributed by atoms with Crippen LogP contribution in [0, 0.1) is 0 Å². The Kier molecular flexibility index (Phi) is 9.50. The van der Waals surface area contributed by atoms with Gasteiger partial charge in [-0.25, -0.2) is 8.42 Å². The predicted molar refractivity (Wildman–Crippen MR) is 142 cm³/mol. The van der Waals surface area contributed by atoms with E-state index >= 15 is 0 Å². The van der Waals surface area contributed by atoms with Crippen molar-refractivity contribution in [3.8, 4) is 0 Å². The van der Waals surface area contributed by atoms with Crippen LogP contribution in [0.4, 0.5) is 5.69 Å². The van der Waals surface area contributed by atoms with Crippen molar-refractivity contribution < 1.29 is 18.0 Å². The van der Waals surface area contributed by atoms with Gasteiger partial charge in [0.25, 0.3) is 10.0 Å². The molecule has 0 aliphatic carbocycles. The second kappa shape index (κ2) is 12.6. The molecule has 0 aliphatic heterocycles. The van der Waals surface area contributed by atoms with Gasteiger partial charge in [0.05, 0.1) is 10.6 Å². The number of halogens is 1. The van der Waals surface area contributed by atoms with Crippen LogP contribution in [0.25, 0.3) is 0 Å². The number of amides is 2. The molecular weight excluding hydrogens is 498 g/mol. The van der Waals surface area contributed by atoms with Gasteiger partial charge in [0, 0.05) is 18.6 Å². The van der Waals surface area contributed by atoms with Crippen LogP contribution in [0.15, 0.2) is 89.8 Å². The van der Waals surface area contributed by atoms with Crippen molar-refractivity contribution in [1.29, 1.82) is 0 Å². The van der Waals surface area contributed by atoms with Crippen LogP contribution in [0.3, 0.4) is 0 Å². The topological polar surface area (TPSA) is 86.8 Å². The molecule has 1 unspecified atom stereocenters. The number of nitrogens with zero attached hydrogens (tertiary/aromatic N) is 2. The van der Waals surface area contributed by atoms with Gasteiger partial charge in [0.2, 0.25) is 11.8 Å². The third-order valence-electron chi connectivity index (χ3n) is 5.84. The number of hydrogen-bond donors (Lipinski definition) is 1. The van der Waals surface area contributed by atoms with E-state index in [1.165, 1.54) is 24.1 Å². The quantitative estimate of drug-likeness (QED) is 0.406. The molecule has 9 heteroatoms. The summed E-state index contributed by atoms with van der Waals surface area (Å²) in [5.41, 5.74) is 1.31. The maximum absolute atomic E-state index is 13.7. The van der Waals surface area contributed by atoms with E-state index in [2.05, 4.69) is 5.32 Å². The van der Waals surface area contributed by atoms with E-state index in [1.54, 1.807) is 42.5 Å². The lowest BCUT2D eigenvalue weighted by molar-refractivity contribution is -0.139. The van der Waals surface area contributed by atoms with E-state index in [9.17, 15) is 18.0 Å². The maximum atomic E-state index is 13.7. The summed E-state index contributed by atoms with van der Waals surface area (Å²) >= 11 is 6.03. The van der Waals surface area contributed by atoms with Gasteiger partial charge in [-0.3, -0.25) is 13.9 Å². The molecule has 0 bridgehead atoms. The molecule has 0 heterocycles. The molecule has 0 aliphatic rings. The molecule has 0 radical (unpaired) electrons. The average molecular weight is 528 g/mol. The Balaban J connectivity index is 1.98. The van der Waals surface area contributed by atoms with Crippen LogP contribution in [-0.4, -0.2) is 51.3 Å². The summed E-state index contributed by atoms with van der Waals surface area (Å²) in [5, 5.41) is 3.06. The molecule has 1 atom stereocenters. The predicted octanol–water partition coefficient (Wildman–Crippen LogP) is 4.13. The van der Waals surface area contributed by atoms with Crippen molar-refractivity contribution >= 4 is 39.1 Å². The first-order valence-corrected chi connectivity index (χ1v) is 13.5. The van der Waals surface area contributed by atoms with Crippen LogP contribution in [0.5, 0.6) is 0 Å². The summed E-state index contributed by atoms with van der Waals surface area (Å²) in [4.78, 5) is 27.9. The third kappa shape index (κ3) is 6.65. The second-order valence-corrected chi connectivity index (χ2v) is 10.5. The average Bonchev–Trinajstić information content (AvgIpc) is 2.90. The fraction of sp³-hybridized carbons (Fsp3) is 0.259. The van der Waals surface area contributed by atoms with Gasteiger partial charge in [-0.05, 0) is 54.8 Å². The number of nitrogens with one attached hydrogen (secondary N) is 1. The number of anilines is 1. The number of sulfonamides is 1. The lowest BCUT2D eigenvalue weighted by atomic mass is 10.1. The van der Waals surface area contributed by atoms with Gasteiger partial charge in [-0.1, -0.05) is 67.1 Å². The molecule has 7 nitrogen and oxygen atoms in total. The standard InChI is InChI=1S/C27H30ClN3O4S/c1-3-25(27(33)29-2)30(19-18-21-10-6-4-7-11-21)26(32)20-31(23-16-14-22(28)15-17-23)36(34,35)24-12-8-5-9-13-24/h4-17,25H,3,18-20H2,1-2H3,(H,29,33). The number of likely N-dealkylation sites (N-methyl/N-ethyl adjacent to an activating group) is 1. The number of rotatable bonds is 11. The zero-order valence-corrected chi connectivity index (χ0v) is 21.9. The van der Waals surface area contributed by atoms with Gasteiger partial charge < -0.3 is 10.2 Å². The third-order valence-corrected chi connectivity index (χ3v) is 7.88. The molecule has 190 valence electrons. The molecule has 0 saturated heterocycles. The van der Waals surface area contributed by atoms with Crippen molar-refractivity contribution in [3.63, 3.8) is 0 Å². The van der Waals surface area contributed by atoms with Gasteiger partial charge in [-0.15, -0.1) is 0 Å². The van der Waals surface area contributed by atoms with Crippen molar-refractivity contribution in [2.45, 2.75) is 30.7 Å². The fourth-order valence-electron chi connectivity index (χ4n) is 3.92. The Morgan fingerprint density at radius 2 is 1.50 bits per heavy atom. The van der Waals surface area contributed by atoms with Crippen molar-refractivity contribution in [2.75, 3.05) is 24.4 Å². The molecule has 0 aromatic heterocycles. The van der Waals surface area contributed by atoms with E-state index < -0.39 is 28.5 Å². The Hall–Kier alpha value is -3.36. The van der Waals surface area contributed by atoms with E-state index in [0.29, 0.717) is 23.6 Å². The molecule has 0 fully saturated rings. The minimum atomic E-state index is -4.08. The van der Waals surface area contributed by atoms with Crippen LogP contribution >= 0.6 is 11.6 Å². The highest BCUT2D eigenvalue weighted by Gasteiger charge is 2.33. The van der Waals surface area contributed by atoms with Crippen molar-refractivity contribution in [2.24, 2.45) is 0 Å². The summed E-state index contributed by atoms with van der Waals surface area (Å²) in [5.74, 6) is -0.779. The summed E-state index contributed by atoms with van der Waals surface area (Å²) in [7, 11) is -2.56. The zero-order valence-electron chi connectivity index (χ0n) is 20.3. The Bertz CT molecular complexity index is 1250. The first kappa shape index (κ1) is 27.2. The van der Waals surface area contributed by atoms with Gasteiger partial charge >= 0.3 is 0 Å². The minimum absolute atomic E-state index is 0.0573. The molecular formula is C27H30ClN3O4S. The molecule has 0 spiro atoms. The molecule has 2 amide bonds. The number of carbonyl (C=O) groups is 2. The Morgan fingerprint density at radius 1 is 0.917 bits per heavy atom. The molecule has 1 N–H and O–H groups in total. The Labute approximate surface area is 217 Å². The molecule has 36 heavy (non-hydrogen) atoms. The fourth-order valence-corrected chi connectivity index (χ4v) is 5.48. The summed E-state index contributed by atoms with van der Waals surface area (Å²) in [6.45, 7) is 1.61. The number of carbonyl (C=O) groups excluding carboxylic acids is 2. The first-order valence-electron chi connectivity index (χ1n) is 11.7. The highest BCUT2D eigenvalue weighted by atomic mass is 35.5. The maximum Gasteiger partial charge on any atom is 0.264 e. The monoisotopic (exact) mass is 527 g/mol. The largest absolute Gasteiger partial charge is 0.357 e.